The number of carbonyl (C=O) groups excluding carboxylic acids is 1. The van der Waals surface area contributed by atoms with Crippen molar-refractivity contribution in [3.8, 4) is 0 Å². The van der Waals surface area contributed by atoms with Crippen molar-refractivity contribution in [2.45, 2.75) is 51.9 Å². The first-order chi connectivity index (χ1) is 10.6. The fraction of sp³-hybridized carbons (Fsp3) is 0.529. The number of nitrogens with one attached hydrogen (secondary N) is 3. The SMILES string of the molecule is CC(C)c1ccc(NC(=S)NNC(=O)C2CCCCC2)cc1. The molecule has 0 radical (unpaired) electrons. The molecule has 1 aliphatic rings. The second-order valence-electron chi connectivity index (χ2n) is 6.18. The van der Waals surface area contributed by atoms with Crippen LogP contribution in [0.1, 0.15) is 57.4 Å². The Labute approximate surface area is 138 Å². The summed E-state index contributed by atoms with van der Waals surface area (Å²) in [7, 11) is 0. The molecule has 3 N–H and O–H groups in total. The molecule has 0 saturated heterocycles. The van der Waals surface area contributed by atoms with E-state index in [0.29, 0.717) is 11.0 Å². The molecule has 1 aromatic carbocycles. The van der Waals surface area contributed by atoms with Crippen LogP contribution in [-0.2, 0) is 4.79 Å². The monoisotopic (exact) mass is 319 g/mol. The quantitative estimate of drug-likeness (QED) is 0.587. The normalized spacial score (nSPS) is 15.4. The van der Waals surface area contributed by atoms with Crippen molar-refractivity contribution >= 4 is 28.9 Å². The highest BCUT2D eigenvalue weighted by molar-refractivity contribution is 7.80. The zero-order valence-corrected chi connectivity index (χ0v) is 14.1. The molecule has 4 nitrogen and oxygen atoms in total. The van der Waals surface area contributed by atoms with Gasteiger partial charge in [-0.1, -0.05) is 45.2 Å². The third kappa shape index (κ3) is 4.98. The molecule has 0 atom stereocenters. The van der Waals surface area contributed by atoms with Crippen molar-refractivity contribution in [3.05, 3.63) is 29.8 Å². The number of thiocarbonyl (C=S) groups is 1. The standard InChI is InChI=1S/C17H25N3OS/c1-12(2)13-8-10-15(11-9-13)18-17(22)20-19-16(21)14-6-4-3-5-7-14/h8-12,14H,3-7H2,1-2H3,(H,19,21)(H2,18,20,22). The van der Waals surface area contributed by atoms with E-state index >= 15 is 0 Å². The average molecular weight is 319 g/mol. The summed E-state index contributed by atoms with van der Waals surface area (Å²) in [6, 6.07) is 8.14. The first-order valence-electron chi connectivity index (χ1n) is 8.03. The van der Waals surface area contributed by atoms with Crippen LogP contribution in [0.25, 0.3) is 0 Å². The summed E-state index contributed by atoms with van der Waals surface area (Å²) in [6.45, 7) is 4.32. The molecular weight excluding hydrogens is 294 g/mol. The number of amides is 1. The molecule has 1 saturated carbocycles. The minimum Gasteiger partial charge on any atom is -0.331 e. The topological polar surface area (TPSA) is 53.2 Å². The van der Waals surface area contributed by atoms with Crippen LogP contribution in [0.4, 0.5) is 5.69 Å². The highest BCUT2D eigenvalue weighted by Crippen LogP contribution is 2.23. The van der Waals surface area contributed by atoms with Gasteiger partial charge in [0.25, 0.3) is 0 Å². The molecule has 1 aliphatic carbocycles. The molecular formula is C17H25N3OS. The third-order valence-electron chi connectivity index (χ3n) is 4.11. The fourth-order valence-electron chi connectivity index (χ4n) is 2.70. The molecule has 120 valence electrons. The van der Waals surface area contributed by atoms with Gasteiger partial charge in [0.2, 0.25) is 5.91 Å². The second-order valence-corrected chi connectivity index (χ2v) is 6.59. The number of hydrogen-bond acceptors (Lipinski definition) is 2. The van der Waals surface area contributed by atoms with Gasteiger partial charge in [-0.15, -0.1) is 0 Å². The lowest BCUT2D eigenvalue weighted by Crippen LogP contribution is -2.46. The predicted octanol–water partition coefficient (Wildman–Crippen LogP) is 3.71. The largest absolute Gasteiger partial charge is 0.331 e. The highest BCUT2D eigenvalue weighted by atomic mass is 32.1. The van der Waals surface area contributed by atoms with Crippen LogP contribution in [-0.4, -0.2) is 11.0 Å². The van der Waals surface area contributed by atoms with Crippen molar-refractivity contribution in [1.82, 2.24) is 10.9 Å². The molecule has 1 aromatic rings. The van der Waals surface area contributed by atoms with E-state index in [2.05, 4.69) is 42.1 Å². The number of hydrogen-bond donors (Lipinski definition) is 3. The maximum atomic E-state index is 12.0. The molecule has 0 aliphatic heterocycles. The van der Waals surface area contributed by atoms with E-state index in [1.54, 1.807) is 0 Å². The third-order valence-corrected chi connectivity index (χ3v) is 4.31. The Kier molecular flexibility index (Phi) is 6.19. The van der Waals surface area contributed by atoms with Gasteiger partial charge in [-0.05, 0) is 48.7 Å². The molecule has 1 fully saturated rings. The van der Waals surface area contributed by atoms with Crippen LogP contribution >= 0.6 is 12.2 Å². The maximum Gasteiger partial charge on any atom is 0.241 e. The number of rotatable bonds is 3. The van der Waals surface area contributed by atoms with Crippen LogP contribution in [0, 0.1) is 5.92 Å². The summed E-state index contributed by atoms with van der Waals surface area (Å²) in [6.07, 6.45) is 5.48. The van der Waals surface area contributed by atoms with E-state index in [9.17, 15) is 4.79 Å². The van der Waals surface area contributed by atoms with Crippen molar-refractivity contribution in [2.24, 2.45) is 5.92 Å². The van der Waals surface area contributed by atoms with Gasteiger partial charge in [-0.2, -0.15) is 0 Å². The minimum atomic E-state index is 0.0407. The lowest BCUT2D eigenvalue weighted by atomic mass is 9.89. The Morgan fingerprint density at radius 3 is 2.32 bits per heavy atom. The van der Waals surface area contributed by atoms with Crippen LogP contribution in [0.2, 0.25) is 0 Å². The minimum absolute atomic E-state index is 0.0407. The van der Waals surface area contributed by atoms with E-state index < -0.39 is 0 Å². The molecule has 0 heterocycles. The Bertz CT molecular complexity index is 507. The summed E-state index contributed by atoms with van der Waals surface area (Å²) < 4.78 is 0. The zero-order chi connectivity index (χ0) is 15.9. The van der Waals surface area contributed by atoms with Gasteiger partial charge in [0, 0.05) is 11.6 Å². The number of carbonyl (C=O) groups is 1. The summed E-state index contributed by atoms with van der Waals surface area (Å²) >= 11 is 5.20. The Balaban J connectivity index is 1.76. The van der Waals surface area contributed by atoms with Crippen LogP contribution in [0.5, 0.6) is 0 Å². The molecule has 1 amide bonds. The van der Waals surface area contributed by atoms with Crippen LogP contribution < -0.4 is 16.2 Å². The molecule has 0 aromatic heterocycles. The number of benzene rings is 1. The van der Waals surface area contributed by atoms with E-state index in [4.69, 9.17) is 12.2 Å². The van der Waals surface area contributed by atoms with Gasteiger partial charge >= 0.3 is 0 Å². The van der Waals surface area contributed by atoms with Crippen LogP contribution in [0.3, 0.4) is 0 Å². The van der Waals surface area contributed by atoms with Crippen molar-refractivity contribution < 1.29 is 4.79 Å². The first kappa shape index (κ1) is 16.7. The molecule has 0 spiro atoms. The molecule has 5 heteroatoms. The lowest BCUT2D eigenvalue weighted by molar-refractivity contribution is -0.126. The predicted molar refractivity (Wildman–Crippen MR) is 94.6 cm³/mol. The summed E-state index contributed by atoms with van der Waals surface area (Å²) in [4.78, 5) is 12.0. The van der Waals surface area contributed by atoms with Gasteiger partial charge in [0.1, 0.15) is 0 Å². The van der Waals surface area contributed by atoms with Gasteiger partial charge in [-0.3, -0.25) is 15.6 Å². The van der Waals surface area contributed by atoms with Crippen molar-refractivity contribution in [2.75, 3.05) is 5.32 Å². The fourth-order valence-corrected chi connectivity index (χ4v) is 2.87. The molecule has 22 heavy (non-hydrogen) atoms. The highest BCUT2D eigenvalue weighted by Gasteiger charge is 2.20. The summed E-state index contributed by atoms with van der Waals surface area (Å²) in [5, 5.41) is 3.48. The lowest BCUT2D eigenvalue weighted by Gasteiger charge is -2.21. The van der Waals surface area contributed by atoms with E-state index in [1.165, 1.54) is 12.0 Å². The van der Waals surface area contributed by atoms with Crippen LogP contribution in [0.15, 0.2) is 24.3 Å². The van der Waals surface area contributed by atoms with Crippen molar-refractivity contribution in [1.29, 1.82) is 0 Å². The average Bonchev–Trinajstić information content (AvgIpc) is 2.54. The number of anilines is 1. The Hall–Kier alpha value is -1.62. The number of hydrazine groups is 1. The van der Waals surface area contributed by atoms with Gasteiger partial charge < -0.3 is 5.32 Å². The molecule has 0 unspecified atom stereocenters. The maximum absolute atomic E-state index is 12.0. The first-order valence-corrected chi connectivity index (χ1v) is 8.44. The van der Waals surface area contributed by atoms with Crippen molar-refractivity contribution in [3.63, 3.8) is 0 Å². The van der Waals surface area contributed by atoms with Gasteiger partial charge in [0.15, 0.2) is 5.11 Å². The smallest absolute Gasteiger partial charge is 0.241 e. The van der Waals surface area contributed by atoms with Gasteiger partial charge in [-0.25, -0.2) is 0 Å². The molecule has 0 bridgehead atoms. The molecule has 2 rings (SSSR count). The van der Waals surface area contributed by atoms with E-state index in [-0.39, 0.29) is 11.8 Å². The Morgan fingerprint density at radius 2 is 1.73 bits per heavy atom. The zero-order valence-electron chi connectivity index (χ0n) is 13.3. The second kappa shape index (κ2) is 8.13. The van der Waals surface area contributed by atoms with E-state index in [1.807, 2.05) is 12.1 Å². The summed E-state index contributed by atoms with van der Waals surface area (Å²) in [5.41, 5.74) is 7.69. The van der Waals surface area contributed by atoms with E-state index in [0.717, 1.165) is 31.4 Å². The summed E-state index contributed by atoms with van der Waals surface area (Å²) in [5.74, 6) is 0.669. The Morgan fingerprint density at radius 1 is 1.09 bits per heavy atom. The van der Waals surface area contributed by atoms with Gasteiger partial charge in [0.05, 0.1) is 0 Å².